The molecule has 1 nitrogen and oxygen atoms in total. The molecule has 0 aliphatic rings. The number of rotatable bonds is 6. The lowest BCUT2D eigenvalue weighted by Crippen LogP contribution is -2.23. The summed E-state index contributed by atoms with van der Waals surface area (Å²) < 4.78 is 143. The Labute approximate surface area is 250 Å². The molecule has 0 heterocycles. The number of aryl methyl sites for hydroxylation is 1. The maximum Gasteiger partial charge on any atom is 0.429 e. The molecule has 4 aromatic rings. The summed E-state index contributed by atoms with van der Waals surface area (Å²) in [7, 11) is 0. The molecule has 0 atom stereocenters. The van der Waals surface area contributed by atoms with Gasteiger partial charge in [0.25, 0.3) is 0 Å². The Hall–Kier alpha value is -5.16. The molecule has 4 aromatic carbocycles. The SMILES string of the molecule is C=CCCc1ccc(C#Cc2ccc(C(F)(F)Oc3ccc(C#Cc4cc(F)c(C(F)(F)F)c(F)c4)c(F)c3)c(F)c2)c(F)c1. The molecular formula is C34H18F10O. The van der Waals surface area contributed by atoms with E-state index in [9.17, 15) is 43.9 Å². The van der Waals surface area contributed by atoms with E-state index in [4.69, 9.17) is 0 Å². The van der Waals surface area contributed by atoms with Crippen LogP contribution in [0.1, 0.15) is 45.4 Å². The smallest absolute Gasteiger partial charge is 0.429 e. The first kappa shape index (κ1) is 32.7. The Morgan fingerprint density at radius 1 is 0.622 bits per heavy atom. The predicted octanol–water partition coefficient (Wildman–Crippen LogP) is 9.45. The average Bonchev–Trinajstić information content (AvgIpc) is 2.93. The Morgan fingerprint density at radius 3 is 1.76 bits per heavy atom. The minimum atomic E-state index is -5.29. The van der Waals surface area contributed by atoms with E-state index >= 15 is 0 Å². The molecular weight excluding hydrogens is 614 g/mol. The molecule has 0 aromatic heterocycles. The minimum Gasteiger partial charge on any atom is -0.429 e. The third-order valence-corrected chi connectivity index (χ3v) is 6.15. The van der Waals surface area contributed by atoms with Gasteiger partial charge in [-0.3, -0.25) is 0 Å². The van der Waals surface area contributed by atoms with Crippen LogP contribution in [0, 0.1) is 52.8 Å². The highest BCUT2D eigenvalue weighted by atomic mass is 19.4. The van der Waals surface area contributed by atoms with Gasteiger partial charge in [-0.1, -0.05) is 35.8 Å². The Balaban J connectivity index is 1.49. The van der Waals surface area contributed by atoms with Crippen molar-refractivity contribution in [1.29, 1.82) is 0 Å². The highest BCUT2D eigenvalue weighted by Gasteiger charge is 2.38. The van der Waals surface area contributed by atoms with Crippen molar-refractivity contribution in [2.24, 2.45) is 0 Å². The first-order chi connectivity index (χ1) is 21.2. The van der Waals surface area contributed by atoms with E-state index in [-0.39, 0.29) is 11.1 Å². The summed E-state index contributed by atoms with van der Waals surface area (Å²) >= 11 is 0. The summed E-state index contributed by atoms with van der Waals surface area (Å²) in [5.41, 5.74) is -3.63. The van der Waals surface area contributed by atoms with Gasteiger partial charge in [0, 0.05) is 17.2 Å². The number of hydrogen-bond donors (Lipinski definition) is 0. The van der Waals surface area contributed by atoms with E-state index in [1.54, 1.807) is 12.1 Å². The van der Waals surface area contributed by atoms with Crippen LogP contribution < -0.4 is 4.74 Å². The van der Waals surface area contributed by atoms with Gasteiger partial charge < -0.3 is 4.74 Å². The summed E-state index contributed by atoms with van der Waals surface area (Å²) in [6.07, 6.45) is -6.66. The van der Waals surface area contributed by atoms with Crippen LogP contribution in [0.25, 0.3) is 0 Å². The second-order valence-electron chi connectivity index (χ2n) is 9.41. The molecule has 0 bridgehead atoms. The number of hydrogen-bond acceptors (Lipinski definition) is 1. The van der Waals surface area contributed by atoms with Gasteiger partial charge >= 0.3 is 12.3 Å². The van der Waals surface area contributed by atoms with Crippen LogP contribution in [0.5, 0.6) is 5.75 Å². The number of ether oxygens (including phenoxy) is 1. The molecule has 0 aliphatic carbocycles. The molecule has 0 saturated carbocycles. The van der Waals surface area contributed by atoms with Crippen LogP contribution in [0.4, 0.5) is 43.9 Å². The molecule has 0 N–H and O–H groups in total. The standard InChI is InChI=1S/C34H18F10O/c1-2-3-4-20-5-9-23(27(35)15-20)10-6-21-8-14-26(29(37)16-21)34(43,44)45-25-13-12-24(28(36)19-25)11-7-22-17-30(38)32(31(39)18-22)33(40,41)42/h2,5,8-9,12-19H,1,3-4H2. The molecule has 0 aliphatic heterocycles. The van der Waals surface area contributed by atoms with Crippen LogP contribution in [0.3, 0.4) is 0 Å². The van der Waals surface area contributed by atoms with E-state index in [0.29, 0.717) is 43.2 Å². The van der Waals surface area contributed by atoms with Crippen molar-refractivity contribution in [3.05, 3.63) is 147 Å². The minimum absolute atomic E-state index is 0.0179. The summed E-state index contributed by atoms with van der Waals surface area (Å²) in [6, 6.07) is 9.69. The fourth-order valence-corrected chi connectivity index (χ4v) is 3.97. The van der Waals surface area contributed by atoms with Crippen LogP contribution >= 0.6 is 0 Å². The fourth-order valence-electron chi connectivity index (χ4n) is 3.97. The van der Waals surface area contributed by atoms with E-state index in [1.165, 1.54) is 12.1 Å². The quantitative estimate of drug-likeness (QED) is 0.117. The van der Waals surface area contributed by atoms with Crippen molar-refractivity contribution in [3.8, 4) is 29.4 Å². The first-order valence-electron chi connectivity index (χ1n) is 12.8. The largest absolute Gasteiger partial charge is 0.429 e. The van der Waals surface area contributed by atoms with Crippen LogP contribution in [-0.2, 0) is 18.7 Å². The van der Waals surface area contributed by atoms with Crippen molar-refractivity contribution in [2.75, 3.05) is 0 Å². The van der Waals surface area contributed by atoms with Gasteiger partial charge in [-0.25, -0.2) is 22.0 Å². The lowest BCUT2D eigenvalue weighted by atomic mass is 10.1. The van der Waals surface area contributed by atoms with Crippen molar-refractivity contribution in [1.82, 2.24) is 0 Å². The molecule has 45 heavy (non-hydrogen) atoms. The third-order valence-electron chi connectivity index (χ3n) is 6.15. The maximum absolute atomic E-state index is 14.8. The summed E-state index contributed by atoms with van der Waals surface area (Å²) in [6.45, 7) is 3.60. The molecule has 0 unspecified atom stereocenters. The molecule has 11 heteroatoms. The van der Waals surface area contributed by atoms with Gasteiger partial charge in [-0.2, -0.15) is 22.0 Å². The highest BCUT2D eigenvalue weighted by Crippen LogP contribution is 2.35. The Bertz CT molecular complexity index is 1860. The number of halogens is 10. The van der Waals surface area contributed by atoms with E-state index in [1.807, 2.05) is 0 Å². The average molecular weight is 632 g/mol. The molecule has 0 fully saturated rings. The van der Waals surface area contributed by atoms with E-state index in [2.05, 4.69) is 35.0 Å². The van der Waals surface area contributed by atoms with Gasteiger partial charge in [0.05, 0.1) is 11.1 Å². The summed E-state index contributed by atoms with van der Waals surface area (Å²) in [4.78, 5) is 0. The van der Waals surface area contributed by atoms with Crippen LogP contribution in [0.15, 0.2) is 79.4 Å². The molecule has 0 radical (unpaired) electrons. The van der Waals surface area contributed by atoms with Crippen LogP contribution in [-0.4, -0.2) is 0 Å². The van der Waals surface area contributed by atoms with Gasteiger partial charge in [0.1, 0.15) is 46.0 Å². The van der Waals surface area contributed by atoms with Gasteiger partial charge in [0.2, 0.25) is 0 Å². The highest BCUT2D eigenvalue weighted by molar-refractivity contribution is 5.48. The predicted molar refractivity (Wildman–Crippen MR) is 146 cm³/mol. The Kier molecular flexibility index (Phi) is 9.63. The maximum atomic E-state index is 14.8. The van der Waals surface area contributed by atoms with Crippen molar-refractivity contribution in [3.63, 3.8) is 0 Å². The molecule has 0 amide bonds. The molecule has 230 valence electrons. The number of alkyl halides is 5. The third kappa shape index (κ3) is 8.07. The van der Waals surface area contributed by atoms with Crippen molar-refractivity contribution < 1.29 is 48.6 Å². The van der Waals surface area contributed by atoms with Crippen molar-refractivity contribution >= 4 is 0 Å². The first-order valence-corrected chi connectivity index (χ1v) is 12.8. The number of benzene rings is 4. The summed E-state index contributed by atoms with van der Waals surface area (Å²) in [5, 5.41) is 0. The zero-order chi connectivity index (χ0) is 32.9. The second kappa shape index (κ2) is 13.2. The lowest BCUT2D eigenvalue weighted by molar-refractivity contribution is -0.187. The van der Waals surface area contributed by atoms with E-state index < -0.39 is 69.4 Å². The summed E-state index contributed by atoms with van der Waals surface area (Å²) in [5.74, 6) is 1.40. The fraction of sp³-hybridized carbons (Fsp3) is 0.118. The van der Waals surface area contributed by atoms with Gasteiger partial charge in [0.15, 0.2) is 0 Å². The molecule has 4 rings (SSSR count). The number of allylic oxidation sites excluding steroid dienone is 1. The topological polar surface area (TPSA) is 9.23 Å². The normalized spacial score (nSPS) is 11.2. The Morgan fingerprint density at radius 2 is 1.20 bits per heavy atom. The second-order valence-corrected chi connectivity index (χ2v) is 9.41. The van der Waals surface area contributed by atoms with Gasteiger partial charge in [-0.05, 0) is 73.0 Å². The monoisotopic (exact) mass is 632 g/mol. The zero-order valence-electron chi connectivity index (χ0n) is 22.7. The van der Waals surface area contributed by atoms with E-state index in [0.717, 1.165) is 23.8 Å². The van der Waals surface area contributed by atoms with Gasteiger partial charge in [-0.15, -0.1) is 6.58 Å². The zero-order valence-corrected chi connectivity index (χ0v) is 22.7. The lowest BCUT2D eigenvalue weighted by Gasteiger charge is -2.19. The molecule has 0 saturated heterocycles. The molecule has 0 spiro atoms. The van der Waals surface area contributed by atoms with Crippen molar-refractivity contribution in [2.45, 2.75) is 25.1 Å². The van der Waals surface area contributed by atoms with Crippen LogP contribution in [0.2, 0.25) is 0 Å².